The van der Waals surface area contributed by atoms with E-state index in [0.717, 1.165) is 5.56 Å². The molecule has 0 unspecified atom stereocenters. The summed E-state index contributed by atoms with van der Waals surface area (Å²) in [6.45, 7) is 2.48. The molecular weight excluding hydrogens is 232 g/mol. The number of carbonyl (C=O) groups excluding carboxylic acids is 2. The van der Waals surface area contributed by atoms with Crippen molar-refractivity contribution < 1.29 is 14.3 Å². The summed E-state index contributed by atoms with van der Waals surface area (Å²) in [4.78, 5) is 29.5. The van der Waals surface area contributed by atoms with E-state index in [1.165, 1.54) is 7.11 Å². The summed E-state index contributed by atoms with van der Waals surface area (Å²) in [6, 6.07) is 3.43. The maximum absolute atomic E-state index is 11.9. The summed E-state index contributed by atoms with van der Waals surface area (Å²) in [7, 11) is 1.35. The molecule has 0 spiro atoms. The lowest BCUT2D eigenvalue weighted by atomic mass is 9.95. The van der Waals surface area contributed by atoms with E-state index in [9.17, 15) is 9.59 Å². The van der Waals surface area contributed by atoms with Crippen LogP contribution in [0.4, 0.5) is 0 Å². The van der Waals surface area contributed by atoms with E-state index in [0.29, 0.717) is 6.54 Å². The first-order valence-electron chi connectivity index (χ1n) is 5.96. The van der Waals surface area contributed by atoms with Gasteiger partial charge in [-0.1, -0.05) is 6.07 Å². The zero-order chi connectivity index (χ0) is 13.1. The lowest BCUT2D eigenvalue weighted by molar-refractivity contribution is -0.146. The normalized spacial score (nSPS) is 23.2. The molecule has 2 atom stereocenters. The fraction of sp³-hybridized carbons (Fsp3) is 0.462. The van der Waals surface area contributed by atoms with Gasteiger partial charge in [-0.05, 0) is 18.6 Å². The second kappa shape index (κ2) is 5.16. The van der Waals surface area contributed by atoms with Crippen molar-refractivity contribution in [1.82, 2.24) is 9.88 Å². The second-order valence-corrected chi connectivity index (χ2v) is 4.24. The average molecular weight is 248 g/mol. The van der Waals surface area contributed by atoms with Gasteiger partial charge < -0.3 is 9.64 Å². The standard InChI is InChI=1S/C13H16N2O3/c1-3-15-11(16)7-10(13(17)18-2)12(15)9-5-4-6-14-8-9/h4-6,8,10,12H,3,7H2,1-2H3/t10-,12+/m0/s1. The molecule has 0 bridgehead atoms. The number of pyridine rings is 1. The maximum Gasteiger partial charge on any atom is 0.311 e. The van der Waals surface area contributed by atoms with Gasteiger partial charge in [-0.25, -0.2) is 0 Å². The average Bonchev–Trinajstić information content (AvgIpc) is 2.75. The van der Waals surface area contributed by atoms with Gasteiger partial charge in [-0.2, -0.15) is 0 Å². The number of esters is 1. The van der Waals surface area contributed by atoms with Gasteiger partial charge in [0.05, 0.1) is 19.1 Å². The molecule has 0 aromatic carbocycles. The Bertz CT molecular complexity index is 445. The first-order valence-corrected chi connectivity index (χ1v) is 5.96. The Labute approximate surface area is 106 Å². The van der Waals surface area contributed by atoms with E-state index < -0.39 is 5.92 Å². The quantitative estimate of drug-likeness (QED) is 0.753. The number of nitrogens with zero attached hydrogens (tertiary/aromatic N) is 2. The summed E-state index contributed by atoms with van der Waals surface area (Å²) in [5.74, 6) is -0.790. The van der Waals surface area contributed by atoms with Crippen LogP contribution in [0, 0.1) is 5.92 Å². The molecule has 96 valence electrons. The number of hydrogen-bond acceptors (Lipinski definition) is 4. The molecule has 2 heterocycles. The lowest BCUT2D eigenvalue weighted by Crippen LogP contribution is -2.30. The molecule has 5 nitrogen and oxygen atoms in total. The summed E-state index contributed by atoms with van der Waals surface area (Å²) >= 11 is 0. The molecule has 0 N–H and O–H groups in total. The minimum absolute atomic E-state index is 0.0123. The Hall–Kier alpha value is -1.91. The van der Waals surface area contributed by atoms with Crippen molar-refractivity contribution >= 4 is 11.9 Å². The van der Waals surface area contributed by atoms with E-state index in [2.05, 4.69) is 4.98 Å². The van der Waals surface area contributed by atoms with Crippen LogP contribution in [0.15, 0.2) is 24.5 Å². The Morgan fingerprint density at radius 3 is 2.94 bits per heavy atom. The molecular formula is C13H16N2O3. The largest absolute Gasteiger partial charge is 0.469 e. The summed E-state index contributed by atoms with van der Waals surface area (Å²) in [5.41, 5.74) is 0.876. The molecule has 1 aliphatic heterocycles. The first kappa shape index (κ1) is 12.5. The number of methoxy groups -OCH3 is 1. The summed E-state index contributed by atoms with van der Waals surface area (Å²) in [5, 5.41) is 0. The van der Waals surface area contributed by atoms with Crippen LogP contribution in [-0.4, -0.2) is 35.4 Å². The summed E-state index contributed by atoms with van der Waals surface area (Å²) in [6.07, 6.45) is 3.58. The molecule has 1 aromatic heterocycles. The van der Waals surface area contributed by atoms with Crippen molar-refractivity contribution in [2.75, 3.05) is 13.7 Å². The van der Waals surface area contributed by atoms with Gasteiger partial charge in [-0.15, -0.1) is 0 Å². The molecule has 0 aliphatic carbocycles. The highest BCUT2D eigenvalue weighted by Gasteiger charge is 2.44. The molecule has 1 aromatic rings. The highest BCUT2D eigenvalue weighted by Crippen LogP contribution is 2.38. The van der Waals surface area contributed by atoms with Crippen molar-refractivity contribution in [3.8, 4) is 0 Å². The predicted octanol–water partition coefficient (Wildman–Crippen LogP) is 1.16. The predicted molar refractivity (Wildman–Crippen MR) is 64.5 cm³/mol. The molecule has 1 fully saturated rings. The van der Waals surface area contributed by atoms with Crippen molar-refractivity contribution in [3.05, 3.63) is 30.1 Å². The molecule has 1 aliphatic rings. The molecule has 5 heteroatoms. The van der Waals surface area contributed by atoms with Crippen LogP contribution in [0.2, 0.25) is 0 Å². The number of aromatic nitrogens is 1. The van der Waals surface area contributed by atoms with Crippen molar-refractivity contribution in [1.29, 1.82) is 0 Å². The van der Waals surface area contributed by atoms with Gasteiger partial charge in [0.2, 0.25) is 5.91 Å². The van der Waals surface area contributed by atoms with Crippen LogP contribution >= 0.6 is 0 Å². The van der Waals surface area contributed by atoms with E-state index in [4.69, 9.17) is 4.74 Å². The molecule has 0 radical (unpaired) electrons. The fourth-order valence-electron chi connectivity index (χ4n) is 2.49. The zero-order valence-electron chi connectivity index (χ0n) is 10.5. The summed E-state index contributed by atoms with van der Waals surface area (Å²) < 4.78 is 4.79. The van der Waals surface area contributed by atoms with Gasteiger partial charge in [-0.3, -0.25) is 14.6 Å². The maximum atomic E-state index is 11.9. The van der Waals surface area contributed by atoms with Gasteiger partial charge in [0.25, 0.3) is 0 Å². The van der Waals surface area contributed by atoms with E-state index in [1.807, 2.05) is 13.0 Å². The smallest absolute Gasteiger partial charge is 0.311 e. The van der Waals surface area contributed by atoms with Crippen molar-refractivity contribution in [2.24, 2.45) is 5.92 Å². The minimum Gasteiger partial charge on any atom is -0.469 e. The number of rotatable bonds is 3. The number of ether oxygens (including phenoxy) is 1. The molecule has 1 amide bonds. The van der Waals surface area contributed by atoms with Gasteiger partial charge in [0, 0.05) is 25.4 Å². The van der Waals surface area contributed by atoms with E-state index in [-0.39, 0.29) is 24.3 Å². The van der Waals surface area contributed by atoms with Gasteiger partial charge in [0.15, 0.2) is 0 Å². The molecule has 1 saturated heterocycles. The highest BCUT2D eigenvalue weighted by atomic mass is 16.5. The van der Waals surface area contributed by atoms with Gasteiger partial charge >= 0.3 is 5.97 Å². The van der Waals surface area contributed by atoms with E-state index in [1.54, 1.807) is 23.4 Å². The number of hydrogen-bond donors (Lipinski definition) is 0. The van der Waals surface area contributed by atoms with Crippen LogP contribution < -0.4 is 0 Å². The monoisotopic (exact) mass is 248 g/mol. The SMILES string of the molecule is CCN1C(=O)C[C@H](C(=O)OC)[C@H]1c1cccnc1. The zero-order valence-corrected chi connectivity index (χ0v) is 10.5. The number of amides is 1. The Kier molecular flexibility index (Phi) is 3.60. The third kappa shape index (κ3) is 2.08. The molecule has 0 saturated carbocycles. The molecule has 18 heavy (non-hydrogen) atoms. The lowest BCUT2D eigenvalue weighted by Gasteiger charge is -2.26. The Morgan fingerprint density at radius 2 is 2.39 bits per heavy atom. The minimum atomic E-state index is -0.438. The van der Waals surface area contributed by atoms with Gasteiger partial charge in [0.1, 0.15) is 0 Å². The third-order valence-corrected chi connectivity index (χ3v) is 3.30. The van der Waals surface area contributed by atoms with Crippen LogP contribution in [-0.2, 0) is 14.3 Å². The third-order valence-electron chi connectivity index (χ3n) is 3.30. The number of likely N-dealkylation sites (tertiary alicyclic amines) is 1. The van der Waals surface area contributed by atoms with E-state index >= 15 is 0 Å². The highest BCUT2D eigenvalue weighted by molar-refractivity contribution is 5.88. The topological polar surface area (TPSA) is 59.5 Å². The van der Waals surface area contributed by atoms with Crippen LogP contribution in [0.3, 0.4) is 0 Å². The second-order valence-electron chi connectivity index (χ2n) is 4.24. The van der Waals surface area contributed by atoms with Crippen LogP contribution in [0.5, 0.6) is 0 Å². The Morgan fingerprint density at radius 1 is 1.61 bits per heavy atom. The van der Waals surface area contributed by atoms with Crippen LogP contribution in [0.25, 0.3) is 0 Å². The number of carbonyl (C=O) groups is 2. The van der Waals surface area contributed by atoms with Crippen molar-refractivity contribution in [2.45, 2.75) is 19.4 Å². The van der Waals surface area contributed by atoms with Crippen molar-refractivity contribution in [3.63, 3.8) is 0 Å². The Balaban J connectivity index is 2.37. The molecule has 2 rings (SSSR count). The fourth-order valence-corrected chi connectivity index (χ4v) is 2.49. The first-order chi connectivity index (χ1) is 8.69. The van der Waals surface area contributed by atoms with Crippen LogP contribution in [0.1, 0.15) is 24.9 Å².